The third kappa shape index (κ3) is 13.5. The number of alkyl carbamates (subject to hydrolysis) is 1. The summed E-state index contributed by atoms with van der Waals surface area (Å²) in [6.45, 7) is 9.09. The highest BCUT2D eigenvalue weighted by atomic mass is 16.6. The maximum atomic E-state index is 13.7. The van der Waals surface area contributed by atoms with Crippen LogP contribution in [-0.2, 0) is 44.8 Å². The van der Waals surface area contributed by atoms with Gasteiger partial charge in [-0.05, 0) is 70.4 Å². The van der Waals surface area contributed by atoms with Gasteiger partial charge in [0.25, 0.3) is 5.91 Å². The number of ether oxygens (including phenoxy) is 3. The molecule has 17 nitrogen and oxygen atoms in total. The van der Waals surface area contributed by atoms with Crippen LogP contribution >= 0.6 is 0 Å². The van der Waals surface area contributed by atoms with Crippen molar-refractivity contribution >= 4 is 53.4 Å². The van der Waals surface area contributed by atoms with Gasteiger partial charge in [0.1, 0.15) is 36.4 Å². The molecule has 1 heterocycles. The van der Waals surface area contributed by atoms with E-state index < -0.39 is 84.1 Å². The number of nitrogens with zero attached hydrogens (tertiary/aromatic N) is 2. The second kappa shape index (κ2) is 18.7. The summed E-state index contributed by atoms with van der Waals surface area (Å²) in [4.78, 5) is 96.4. The zero-order valence-electron chi connectivity index (χ0n) is 32.5. The fourth-order valence-corrected chi connectivity index (χ4v) is 5.34. The van der Waals surface area contributed by atoms with Gasteiger partial charge in [-0.15, -0.1) is 0 Å². The number of rotatable bonds is 13. The average molecular weight is 786 g/mol. The summed E-state index contributed by atoms with van der Waals surface area (Å²) in [5.41, 5.74) is 5.84. The molecule has 0 aliphatic carbocycles. The van der Waals surface area contributed by atoms with Gasteiger partial charge in [0.15, 0.2) is 6.04 Å². The molecule has 302 valence electrons. The molecule has 1 aliphatic rings. The molecular weight excluding hydrogens is 738 g/mol. The molecule has 57 heavy (non-hydrogen) atoms. The maximum absolute atomic E-state index is 13.7. The van der Waals surface area contributed by atoms with Gasteiger partial charge in [-0.1, -0.05) is 72.8 Å². The van der Waals surface area contributed by atoms with Crippen LogP contribution in [0.25, 0.3) is 0 Å². The average Bonchev–Trinajstić information content (AvgIpc) is 3.40. The molecule has 1 fully saturated rings. The minimum Gasteiger partial charge on any atom is -0.460 e. The van der Waals surface area contributed by atoms with E-state index in [4.69, 9.17) is 19.9 Å². The Labute approximate surface area is 329 Å². The van der Waals surface area contributed by atoms with Crippen molar-refractivity contribution in [2.45, 2.75) is 83.9 Å². The molecule has 3 aromatic rings. The largest absolute Gasteiger partial charge is 0.460 e. The van der Waals surface area contributed by atoms with Crippen molar-refractivity contribution in [3.05, 3.63) is 102 Å². The summed E-state index contributed by atoms with van der Waals surface area (Å²) in [7, 11) is 0. The lowest BCUT2D eigenvalue weighted by Crippen LogP contribution is -2.53. The first-order valence-electron chi connectivity index (χ1n) is 17.9. The van der Waals surface area contributed by atoms with Crippen LogP contribution in [0.4, 0.5) is 15.3 Å². The summed E-state index contributed by atoms with van der Waals surface area (Å²) < 4.78 is 16.0. The predicted molar refractivity (Wildman–Crippen MR) is 206 cm³/mol. The molecule has 1 unspecified atom stereocenters. The molecule has 6 N–H and O–H groups in total. The minimum atomic E-state index is -1.58. The number of carbonyl (C=O) groups is 7. The summed E-state index contributed by atoms with van der Waals surface area (Å²) in [6, 6.07) is 18.3. The molecule has 0 radical (unpaired) electrons. The Bertz CT molecular complexity index is 1980. The van der Waals surface area contributed by atoms with Crippen LogP contribution in [0.1, 0.15) is 76.7 Å². The van der Waals surface area contributed by atoms with E-state index in [9.17, 15) is 33.6 Å². The first-order chi connectivity index (χ1) is 26.8. The monoisotopic (exact) mass is 785 g/mol. The van der Waals surface area contributed by atoms with Gasteiger partial charge >= 0.3 is 24.1 Å². The Hall–Kier alpha value is -6.78. The second-order valence-electron chi connectivity index (χ2n) is 14.9. The number of nitrogens with one attached hydrogen (secondary N) is 4. The van der Waals surface area contributed by atoms with Gasteiger partial charge in [0.2, 0.25) is 17.8 Å². The fourth-order valence-electron chi connectivity index (χ4n) is 5.34. The highest BCUT2D eigenvalue weighted by Crippen LogP contribution is 2.25. The van der Waals surface area contributed by atoms with Crippen molar-refractivity contribution in [2.24, 2.45) is 10.7 Å². The molecule has 3 atom stereocenters. The molecule has 6 amide bonds. The van der Waals surface area contributed by atoms with E-state index in [1.165, 1.54) is 24.3 Å². The van der Waals surface area contributed by atoms with Crippen LogP contribution in [0.2, 0.25) is 0 Å². The van der Waals surface area contributed by atoms with E-state index in [0.717, 1.165) is 5.56 Å². The first-order valence-corrected chi connectivity index (χ1v) is 17.9. The van der Waals surface area contributed by atoms with Crippen molar-refractivity contribution in [1.29, 1.82) is 0 Å². The smallest absolute Gasteiger partial charge is 0.414 e. The highest BCUT2D eigenvalue weighted by molar-refractivity contribution is 6.07. The van der Waals surface area contributed by atoms with Crippen LogP contribution in [0.3, 0.4) is 0 Å². The van der Waals surface area contributed by atoms with Gasteiger partial charge in [-0.2, -0.15) is 0 Å². The molecule has 17 heteroatoms. The Morgan fingerprint density at radius 2 is 1.42 bits per heavy atom. The van der Waals surface area contributed by atoms with Gasteiger partial charge in [-0.3, -0.25) is 29.4 Å². The van der Waals surface area contributed by atoms with Gasteiger partial charge < -0.3 is 35.9 Å². The Morgan fingerprint density at radius 3 is 2.02 bits per heavy atom. The van der Waals surface area contributed by atoms with Gasteiger partial charge in [0.05, 0.1) is 12.1 Å². The number of imide groups is 1. The number of benzene rings is 3. The van der Waals surface area contributed by atoms with Gasteiger partial charge in [-0.25, -0.2) is 19.4 Å². The van der Waals surface area contributed by atoms with E-state index in [2.05, 4.69) is 26.3 Å². The molecule has 0 bridgehead atoms. The van der Waals surface area contributed by atoms with Crippen molar-refractivity contribution < 1.29 is 47.8 Å². The summed E-state index contributed by atoms with van der Waals surface area (Å²) in [5.74, 6) is -4.51. The van der Waals surface area contributed by atoms with Crippen LogP contribution < -0.4 is 27.0 Å². The minimum absolute atomic E-state index is 0.0293. The summed E-state index contributed by atoms with van der Waals surface area (Å²) in [5, 5.41) is 9.81. The van der Waals surface area contributed by atoms with E-state index in [0.29, 0.717) is 21.7 Å². The molecule has 1 saturated heterocycles. The number of nitrogens with two attached hydrogens (primary N) is 1. The second-order valence-corrected chi connectivity index (χ2v) is 14.9. The number of esters is 2. The molecule has 0 aromatic heterocycles. The molecule has 0 saturated carbocycles. The van der Waals surface area contributed by atoms with E-state index in [1.54, 1.807) is 84.0 Å². The lowest BCUT2D eigenvalue weighted by molar-refractivity contribution is -0.159. The topological polar surface area (TPSA) is 237 Å². The highest BCUT2D eigenvalue weighted by Gasteiger charge is 2.41. The molecular formula is C40H47N7O10. The number of guanidine groups is 1. The molecule has 3 aromatic carbocycles. The number of urea groups is 1. The predicted octanol–water partition coefficient (Wildman–Crippen LogP) is 3.57. The Kier molecular flexibility index (Phi) is 14.1. The number of hydrogen-bond acceptors (Lipinski definition) is 11. The zero-order chi connectivity index (χ0) is 41.9. The quantitative estimate of drug-likeness (QED) is 0.0552. The van der Waals surface area contributed by atoms with Crippen molar-refractivity contribution in [1.82, 2.24) is 26.2 Å². The number of amides is 6. The Morgan fingerprint density at radius 1 is 0.825 bits per heavy atom. The normalized spacial score (nSPS) is 15.4. The van der Waals surface area contributed by atoms with E-state index in [-0.39, 0.29) is 12.6 Å². The molecule has 4 rings (SSSR count). The van der Waals surface area contributed by atoms with Gasteiger partial charge in [0, 0.05) is 0 Å². The van der Waals surface area contributed by atoms with E-state index in [1.807, 2.05) is 18.2 Å². The number of hydrogen-bond donors (Lipinski definition) is 5. The Balaban J connectivity index is 1.42. The molecule has 0 spiro atoms. The van der Waals surface area contributed by atoms with Crippen LogP contribution in [0, 0.1) is 0 Å². The van der Waals surface area contributed by atoms with Crippen molar-refractivity contribution in [3.63, 3.8) is 0 Å². The number of aliphatic imine (C=N–C) groups is 1. The van der Waals surface area contributed by atoms with E-state index >= 15 is 0 Å². The van der Waals surface area contributed by atoms with Crippen LogP contribution in [0.15, 0.2) is 89.9 Å². The third-order valence-electron chi connectivity index (χ3n) is 7.75. The fraction of sp³-hybridized carbons (Fsp3) is 0.350. The summed E-state index contributed by atoms with van der Waals surface area (Å²) >= 11 is 0. The SMILES string of the molecule is CC(C)(C)OC(=O)C[C@H](NC(=O)CN1C(=O)NC(c2ccc(N=C(N)NC(=O)OCc3ccccc3)cc2)C1=O)C(=O)N[C@H](C(=O)OC(C)(C)C)c1ccccc1. The summed E-state index contributed by atoms with van der Waals surface area (Å²) in [6.07, 6.45) is -1.45. The lowest BCUT2D eigenvalue weighted by Gasteiger charge is -2.27. The molecule has 1 aliphatic heterocycles. The maximum Gasteiger partial charge on any atom is 0.414 e. The van der Waals surface area contributed by atoms with Crippen molar-refractivity contribution in [3.8, 4) is 0 Å². The van der Waals surface area contributed by atoms with Crippen LogP contribution in [0.5, 0.6) is 0 Å². The zero-order valence-corrected chi connectivity index (χ0v) is 32.5. The standard InChI is InChI=1S/C40H47N7O10/c1-39(2,3)56-30(49)21-28(33(50)44-32(25-15-11-8-12-16-25)35(52)57-40(4,5)6)43-29(48)22-47-34(51)31(45-37(47)53)26-17-19-27(20-18-26)42-36(41)46-38(54)55-23-24-13-9-7-10-14-24/h7-20,28,31-32H,21-23H2,1-6H3,(H,43,48)(H,44,50)(H,45,53)(H3,41,42,46,54)/t28-,31?,32-/m0/s1. The van der Waals surface area contributed by atoms with Crippen LogP contribution in [-0.4, -0.2) is 76.4 Å². The van der Waals surface area contributed by atoms with Crippen molar-refractivity contribution in [2.75, 3.05) is 6.54 Å². The number of carbonyl (C=O) groups excluding carboxylic acids is 7. The lowest BCUT2D eigenvalue weighted by atomic mass is 10.0. The first kappa shape index (κ1) is 43.0. The third-order valence-corrected chi connectivity index (χ3v) is 7.75.